The lowest BCUT2D eigenvalue weighted by Gasteiger charge is -2.35. The lowest BCUT2D eigenvalue weighted by atomic mass is 10.0. The van der Waals surface area contributed by atoms with Crippen LogP contribution in [0.3, 0.4) is 0 Å². The van der Waals surface area contributed by atoms with Gasteiger partial charge in [0, 0.05) is 50.3 Å². The van der Waals surface area contributed by atoms with Crippen molar-refractivity contribution in [2.24, 2.45) is 7.05 Å². The first-order valence-corrected chi connectivity index (χ1v) is 10.5. The molecule has 2 aromatic carbocycles. The highest BCUT2D eigenvalue weighted by atomic mass is 16.3. The van der Waals surface area contributed by atoms with Crippen LogP contribution in [-0.4, -0.2) is 51.6 Å². The van der Waals surface area contributed by atoms with Crippen LogP contribution in [0.2, 0.25) is 0 Å². The fourth-order valence-electron chi connectivity index (χ4n) is 4.40. The average molecular weight is 412 g/mol. The first kappa shape index (κ1) is 19.2. The van der Waals surface area contributed by atoms with Crippen LogP contribution in [0.25, 0.3) is 22.2 Å². The third-order valence-electron chi connectivity index (χ3n) is 6.00. The van der Waals surface area contributed by atoms with E-state index < -0.39 is 0 Å². The van der Waals surface area contributed by atoms with Gasteiger partial charge in [-0.15, -0.1) is 0 Å². The summed E-state index contributed by atoms with van der Waals surface area (Å²) in [7, 11) is 1.99. The van der Waals surface area contributed by atoms with Crippen LogP contribution in [0.15, 0.2) is 72.9 Å². The number of fused-ring (bicyclic) bond motifs is 1. The fourth-order valence-corrected chi connectivity index (χ4v) is 4.40. The van der Waals surface area contributed by atoms with Crippen LogP contribution < -0.4 is 4.90 Å². The number of amides is 1. The molecule has 1 aliphatic rings. The highest BCUT2D eigenvalue weighted by molar-refractivity contribution is 6.12. The Balaban J connectivity index is 1.50. The topological polar surface area (TPSA) is 61.6 Å². The number of carbonyl (C=O) groups excluding carboxylic acids is 1. The van der Waals surface area contributed by atoms with Gasteiger partial charge in [0.1, 0.15) is 11.6 Å². The second-order valence-electron chi connectivity index (χ2n) is 7.81. The van der Waals surface area contributed by atoms with Gasteiger partial charge in [0.15, 0.2) is 0 Å². The molecule has 5 rings (SSSR count). The maximum Gasteiger partial charge on any atom is 0.256 e. The summed E-state index contributed by atoms with van der Waals surface area (Å²) < 4.78 is 2.07. The smallest absolute Gasteiger partial charge is 0.256 e. The first-order valence-electron chi connectivity index (χ1n) is 10.5. The third kappa shape index (κ3) is 3.40. The third-order valence-corrected chi connectivity index (χ3v) is 6.00. The molecule has 4 aromatic rings. The molecule has 0 aliphatic carbocycles. The van der Waals surface area contributed by atoms with Crippen molar-refractivity contribution in [1.29, 1.82) is 0 Å². The van der Waals surface area contributed by atoms with Gasteiger partial charge in [-0.05, 0) is 48.0 Å². The molecule has 2 aromatic heterocycles. The van der Waals surface area contributed by atoms with E-state index in [1.54, 1.807) is 18.3 Å². The molecule has 0 unspecified atom stereocenters. The van der Waals surface area contributed by atoms with Gasteiger partial charge in [-0.2, -0.15) is 0 Å². The number of aromatic hydroxyl groups is 1. The number of aryl methyl sites for hydroxylation is 1. The average Bonchev–Trinajstić information content (AvgIpc) is 3.12. The standard InChI is InChI=1S/C25H24N4O2/c1-27-21-7-3-2-6-20(21)23(24(27)18-9-11-19(30)12-10-18)25(31)29-16-14-28(15-17-29)22-8-4-5-13-26-22/h2-13,30H,14-17H2,1H3. The normalized spacial score (nSPS) is 14.2. The van der Waals surface area contributed by atoms with Gasteiger partial charge in [-0.1, -0.05) is 24.3 Å². The number of benzene rings is 2. The summed E-state index contributed by atoms with van der Waals surface area (Å²) in [5.41, 5.74) is 3.52. The number of aromatic nitrogens is 2. The molecule has 1 N–H and O–H groups in total. The Morgan fingerprint density at radius 3 is 2.32 bits per heavy atom. The largest absolute Gasteiger partial charge is 0.508 e. The molecule has 1 amide bonds. The molecule has 6 nitrogen and oxygen atoms in total. The summed E-state index contributed by atoms with van der Waals surface area (Å²) in [5.74, 6) is 1.20. The van der Waals surface area contributed by atoms with E-state index in [2.05, 4.69) is 14.5 Å². The number of phenols is 1. The number of hydrogen-bond acceptors (Lipinski definition) is 4. The monoisotopic (exact) mass is 412 g/mol. The Bertz CT molecular complexity index is 1220. The van der Waals surface area contributed by atoms with Crippen molar-refractivity contribution >= 4 is 22.6 Å². The molecule has 0 saturated carbocycles. The zero-order chi connectivity index (χ0) is 21.4. The Morgan fingerprint density at radius 1 is 0.903 bits per heavy atom. The van der Waals surface area contributed by atoms with E-state index in [-0.39, 0.29) is 11.7 Å². The number of carbonyl (C=O) groups is 1. The van der Waals surface area contributed by atoms with Crippen molar-refractivity contribution < 1.29 is 9.90 Å². The van der Waals surface area contributed by atoms with E-state index in [9.17, 15) is 9.90 Å². The minimum atomic E-state index is 0.0422. The minimum Gasteiger partial charge on any atom is -0.508 e. The molecule has 3 heterocycles. The van der Waals surface area contributed by atoms with Gasteiger partial charge < -0.3 is 19.5 Å². The predicted octanol–water partition coefficient (Wildman–Crippen LogP) is 3.91. The summed E-state index contributed by atoms with van der Waals surface area (Å²) in [6, 6.07) is 20.9. The van der Waals surface area contributed by atoms with Crippen molar-refractivity contribution in [1.82, 2.24) is 14.5 Å². The lowest BCUT2D eigenvalue weighted by molar-refractivity contribution is 0.0749. The molecule has 6 heteroatoms. The zero-order valence-electron chi connectivity index (χ0n) is 17.4. The fraction of sp³-hybridized carbons (Fsp3) is 0.200. The summed E-state index contributed by atoms with van der Waals surface area (Å²) in [6.45, 7) is 2.80. The number of hydrogen-bond donors (Lipinski definition) is 1. The van der Waals surface area contributed by atoms with Gasteiger partial charge in [0.25, 0.3) is 5.91 Å². The summed E-state index contributed by atoms with van der Waals surface area (Å²) in [5, 5.41) is 10.7. The number of piperazine rings is 1. The second-order valence-corrected chi connectivity index (χ2v) is 7.81. The van der Waals surface area contributed by atoms with Gasteiger partial charge in [-0.25, -0.2) is 4.98 Å². The summed E-state index contributed by atoms with van der Waals surface area (Å²) in [6.07, 6.45) is 1.80. The second kappa shape index (κ2) is 7.80. The minimum absolute atomic E-state index is 0.0422. The first-order chi connectivity index (χ1) is 15.1. The van der Waals surface area contributed by atoms with E-state index in [1.807, 2.05) is 66.5 Å². The quantitative estimate of drug-likeness (QED) is 0.554. The van der Waals surface area contributed by atoms with E-state index >= 15 is 0 Å². The lowest BCUT2D eigenvalue weighted by Crippen LogP contribution is -2.49. The number of anilines is 1. The van der Waals surface area contributed by atoms with E-state index in [4.69, 9.17) is 0 Å². The molecular weight excluding hydrogens is 388 g/mol. The molecule has 0 spiro atoms. The molecule has 1 saturated heterocycles. The van der Waals surface area contributed by atoms with Crippen LogP contribution in [0, 0.1) is 0 Å². The molecule has 156 valence electrons. The van der Waals surface area contributed by atoms with Crippen LogP contribution in [0.5, 0.6) is 5.75 Å². The van der Waals surface area contributed by atoms with Crippen LogP contribution in [0.4, 0.5) is 5.82 Å². The molecule has 1 aliphatic heterocycles. The van der Waals surface area contributed by atoms with Crippen LogP contribution in [-0.2, 0) is 7.05 Å². The number of nitrogens with zero attached hydrogens (tertiary/aromatic N) is 4. The molecule has 0 atom stereocenters. The van der Waals surface area contributed by atoms with E-state index in [0.717, 1.165) is 46.6 Å². The summed E-state index contributed by atoms with van der Waals surface area (Å²) >= 11 is 0. The molecular formula is C25H24N4O2. The van der Waals surface area contributed by atoms with Gasteiger partial charge in [-0.3, -0.25) is 4.79 Å². The van der Waals surface area contributed by atoms with E-state index in [1.165, 1.54) is 0 Å². The van der Waals surface area contributed by atoms with Crippen molar-refractivity contribution in [2.75, 3.05) is 31.1 Å². The van der Waals surface area contributed by atoms with Crippen molar-refractivity contribution in [3.63, 3.8) is 0 Å². The van der Waals surface area contributed by atoms with Crippen molar-refractivity contribution in [3.05, 3.63) is 78.5 Å². The SMILES string of the molecule is Cn1c(-c2ccc(O)cc2)c(C(=O)N2CCN(c3ccccn3)CC2)c2ccccc21. The Labute approximate surface area is 181 Å². The molecule has 1 fully saturated rings. The van der Waals surface area contributed by atoms with Crippen LogP contribution in [0.1, 0.15) is 10.4 Å². The van der Waals surface area contributed by atoms with Crippen molar-refractivity contribution in [3.8, 4) is 17.0 Å². The highest BCUT2D eigenvalue weighted by Crippen LogP contribution is 2.35. The number of phenolic OH excluding ortho intramolecular Hbond substituents is 1. The van der Waals surface area contributed by atoms with Crippen molar-refractivity contribution in [2.45, 2.75) is 0 Å². The molecule has 0 bridgehead atoms. The highest BCUT2D eigenvalue weighted by Gasteiger charge is 2.28. The van der Waals surface area contributed by atoms with Crippen LogP contribution >= 0.6 is 0 Å². The van der Waals surface area contributed by atoms with Gasteiger partial charge in [0.2, 0.25) is 0 Å². The maximum atomic E-state index is 13.8. The predicted molar refractivity (Wildman–Crippen MR) is 122 cm³/mol. The summed E-state index contributed by atoms with van der Waals surface area (Å²) in [4.78, 5) is 22.3. The number of rotatable bonds is 3. The Kier molecular flexibility index (Phi) is 4.82. The van der Waals surface area contributed by atoms with E-state index in [0.29, 0.717) is 13.1 Å². The maximum absolute atomic E-state index is 13.8. The number of para-hydroxylation sites is 1. The van der Waals surface area contributed by atoms with Gasteiger partial charge >= 0.3 is 0 Å². The Morgan fingerprint density at radius 2 is 1.61 bits per heavy atom. The molecule has 0 radical (unpaired) electrons. The zero-order valence-corrected chi connectivity index (χ0v) is 17.4. The number of pyridine rings is 1. The van der Waals surface area contributed by atoms with Gasteiger partial charge in [0.05, 0.1) is 11.3 Å². The molecule has 31 heavy (non-hydrogen) atoms. The Hall–Kier alpha value is -3.80.